The lowest BCUT2D eigenvalue weighted by Crippen LogP contribution is -2.08. The summed E-state index contributed by atoms with van der Waals surface area (Å²) in [6.07, 6.45) is 0. The summed E-state index contributed by atoms with van der Waals surface area (Å²) < 4.78 is 15.1. The molecule has 0 radical (unpaired) electrons. The molecule has 90 valence electrons. The Morgan fingerprint density at radius 2 is 2.06 bits per heavy atom. The fourth-order valence-electron chi connectivity index (χ4n) is 1.72. The fourth-order valence-corrected chi connectivity index (χ4v) is 1.72. The third-order valence-corrected chi connectivity index (χ3v) is 2.76. The van der Waals surface area contributed by atoms with Crippen molar-refractivity contribution >= 4 is 0 Å². The number of hydrogen-bond acceptors (Lipinski definition) is 3. The smallest absolute Gasteiger partial charge is 0.128 e. The van der Waals surface area contributed by atoms with Gasteiger partial charge >= 0.3 is 0 Å². The van der Waals surface area contributed by atoms with E-state index >= 15 is 0 Å². The van der Waals surface area contributed by atoms with Crippen LogP contribution in [0.25, 0.3) is 5.69 Å². The first-order valence-corrected chi connectivity index (χ1v) is 5.45. The fraction of sp³-hybridized carbons (Fsp3) is 0.333. The molecule has 1 aromatic heterocycles. The van der Waals surface area contributed by atoms with Crippen molar-refractivity contribution in [1.29, 1.82) is 0 Å². The van der Waals surface area contributed by atoms with Crippen LogP contribution >= 0.6 is 0 Å². The third kappa shape index (κ3) is 2.06. The molecule has 0 spiro atoms. The highest BCUT2D eigenvalue weighted by Crippen LogP contribution is 2.18. The van der Waals surface area contributed by atoms with Crippen LogP contribution < -0.4 is 5.73 Å². The van der Waals surface area contributed by atoms with Crippen LogP contribution in [0.1, 0.15) is 29.9 Å². The second kappa shape index (κ2) is 4.25. The van der Waals surface area contributed by atoms with E-state index in [2.05, 4.69) is 10.3 Å². The molecule has 0 aliphatic rings. The number of rotatable bonds is 2. The lowest BCUT2D eigenvalue weighted by atomic mass is 10.2. The number of aryl methyl sites for hydroxylation is 1. The number of halogens is 1. The summed E-state index contributed by atoms with van der Waals surface area (Å²) in [5, 5.41) is 8.01. The summed E-state index contributed by atoms with van der Waals surface area (Å²) in [6, 6.07) is 4.80. The first kappa shape index (κ1) is 11.7. The van der Waals surface area contributed by atoms with Gasteiger partial charge in [-0.25, -0.2) is 9.07 Å². The molecule has 4 nitrogen and oxygen atoms in total. The minimum Gasteiger partial charge on any atom is -0.323 e. The molecule has 0 aliphatic carbocycles. The number of nitrogens with zero attached hydrogens (tertiary/aromatic N) is 3. The average Bonchev–Trinajstić information content (AvgIpc) is 2.64. The highest BCUT2D eigenvalue weighted by Gasteiger charge is 2.13. The normalized spacial score (nSPS) is 12.8. The lowest BCUT2D eigenvalue weighted by molar-refractivity contribution is 0.615. The van der Waals surface area contributed by atoms with Crippen molar-refractivity contribution in [3.63, 3.8) is 0 Å². The minimum atomic E-state index is -0.250. The molecule has 1 unspecified atom stereocenters. The van der Waals surface area contributed by atoms with Crippen molar-refractivity contribution in [1.82, 2.24) is 15.0 Å². The van der Waals surface area contributed by atoms with Gasteiger partial charge in [0.1, 0.15) is 11.5 Å². The Bertz CT molecular complexity index is 545. The van der Waals surface area contributed by atoms with Crippen LogP contribution in [0, 0.1) is 19.7 Å². The van der Waals surface area contributed by atoms with Gasteiger partial charge in [0.05, 0.1) is 11.4 Å². The van der Waals surface area contributed by atoms with Crippen molar-refractivity contribution in [3.05, 3.63) is 41.0 Å². The Hall–Kier alpha value is -1.75. The molecule has 0 bridgehead atoms. The van der Waals surface area contributed by atoms with E-state index in [1.54, 1.807) is 17.7 Å². The van der Waals surface area contributed by atoms with Crippen molar-refractivity contribution in [2.24, 2.45) is 5.73 Å². The summed E-state index contributed by atoms with van der Waals surface area (Å²) >= 11 is 0. The van der Waals surface area contributed by atoms with E-state index < -0.39 is 0 Å². The van der Waals surface area contributed by atoms with Gasteiger partial charge in [0.25, 0.3) is 0 Å². The van der Waals surface area contributed by atoms with Crippen LogP contribution in [0.3, 0.4) is 0 Å². The topological polar surface area (TPSA) is 56.7 Å². The number of hydrogen-bond donors (Lipinski definition) is 1. The average molecular weight is 234 g/mol. The molecule has 5 heteroatoms. The van der Waals surface area contributed by atoms with Crippen LogP contribution in [-0.4, -0.2) is 15.0 Å². The van der Waals surface area contributed by atoms with E-state index in [1.165, 1.54) is 6.07 Å². The van der Waals surface area contributed by atoms with Crippen LogP contribution in [0.2, 0.25) is 0 Å². The standard InChI is InChI=1S/C12H15FN4/c1-7-4-5-10(6-11(7)13)17-9(3)12(8(2)14)15-16-17/h4-6,8H,14H2,1-3H3. The number of nitrogens with two attached hydrogens (primary N) is 1. The number of aromatic nitrogens is 3. The monoisotopic (exact) mass is 234 g/mol. The van der Waals surface area contributed by atoms with Crippen molar-refractivity contribution < 1.29 is 4.39 Å². The van der Waals surface area contributed by atoms with Crippen LogP contribution in [-0.2, 0) is 0 Å². The van der Waals surface area contributed by atoms with Gasteiger partial charge in [0.2, 0.25) is 0 Å². The zero-order valence-corrected chi connectivity index (χ0v) is 10.1. The quantitative estimate of drug-likeness (QED) is 0.865. The second-order valence-corrected chi connectivity index (χ2v) is 4.19. The van der Waals surface area contributed by atoms with E-state index in [1.807, 2.05) is 19.9 Å². The molecule has 1 aromatic carbocycles. The highest BCUT2D eigenvalue weighted by molar-refractivity contribution is 5.36. The van der Waals surface area contributed by atoms with Crippen LogP contribution in [0.4, 0.5) is 4.39 Å². The van der Waals surface area contributed by atoms with E-state index in [9.17, 15) is 4.39 Å². The predicted molar refractivity (Wildman–Crippen MR) is 63.4 cm³/mol. The van der Waals surface area contributed by atoms with E-state index in [-0.39, 0.29) is 11.9 Å². The third-order valence-electron chi connectivity index (χ3n) is 2.76. The molecular weight excluding hydrogens is 219 g/mol. The molecule has 2 N–H and O–H groups in total. The zero-order valence-electron chi connectivity index (χ0n) is 10.1. The molecule has 2 rings (SSSR count). The molecule has 2 aromatic rings. The van der Waals surface area contributed by atoms with Crippen molar-refractivity contribution in [3.8, 4) is 5.69 Å². The van der Waals surface area contributed by atoms with Gasteiger partial charge in [-0.15, -0.1) is 5.10 Å². The first-order valence-electron chi connectivity index (χ1n) is 5.45. The summed E-state index contributed by atoms with van der Waals surface area (Å²) in [6.45, 7) is 5.44. The Labute approximate surface area is 99.2 Å². The Kier molecular flexibility index (Phi) is 2.93. The number of benzene rings is 1. The summed E-state index contributed by atoms with van der Waals surface area (Å²) in [5.41, 5.74) is 8.60. The second-order valence-electron chi connectivity index (χ2n) is 4.19. The van der Waals surface area contributed by atoms with Gasteiger partial charge in [-0.1, -0.05) is 11.3 Å². The van der Waals surface area contributed by atoms with Gasteiger partial charge in [-0.05, 0) is 38.5 Å². The first-order chi connectivity index (χ1) is 8.00. The molecule has 1 atom stereocenters. The van der Waals surface area contributed by atoms with Gasteiger partial charge in [0, 0.05) is 6.04 Å². The van der Waals surface area contributed by atoms with Gasteiger partial charge in [-0.2, -0.15) is 0 Å². The summed E-state index contributed by atoms with van der Waals surface area (Å²) in [4.78, 5) is 0. The molecule has 0 fully saturated rings. The maximum Gasteiger partial charge on any atom is 0.128 e. The predicted octanol–water partition coefficient (Wildman–Crippen LogP) is 2.04. The van der Waals surface area contributed by atoms with E-state index in [0.29, 0.717) is 11.3 Å². The Morgan fingerprint density at radius 1 is 1.35 bits per heavy atom. The van der Waals surface area contributed by atoms with Crippen molar-refractivity contribution in [2.75, 3.05) is 0 Å². The Balaban J connectivity index is 2.50. The van der Waals surface area contributed by atoms with Crippen LogP contribution in [0.15, 0.2) is 18.2 Å². The maximum atomic E-state index is 13.5. The van der Waals surface area contributed by atoms with Gasteiger partial charge in [-0.3, -0.25) is 0 Å². The molecule has 0 saturated heterocycles. The zero-order chi connectivity index (χ0) is 12.6. The van der Waals surface area contributed by atoms with E-state index in [4.69, 9.17) is 5.73 Å². The highest BCUT2D eigenvalue weighted by atomic mass is 19.1. The lowest BCUT2D eigenvalue weighted by Gasteiger charge is -2.06. The molecule has 1 heterocycles. The van der Waals surface area contributed by atoms with E-state index in [0.717, 1.165) is 11.4 Å². The molecule has 0 saturated carbocycles. The largest absolute Gasteiger partial charge is 0.323 e. The maximum absolute atomic E-state index is 13.5. The molecule has 0 aliphatic heterocycles. The van der Waals surface area contributed by atoms with Crippen LogP contribution in [0.5, 0.6) is 0 Å². The summed E-state index contributed by atoms with van der Waals surface area (Å²) in [7, 11) is 0. The Morgan fingerprint density at radius 3 is 2.59 bits per heavy atom. The van der Waals surface area contributed by atoms with Gasteiger partial charge < -0.3 is 5.73 Å². The van der Waals surface area contributed by atoms with Gasteiger partial charge in [0.15, 0.2) is 0 Å². The molecular formula is C12H15FN4. The minimum absolute atomic E-state index is 0.181. The van der Waals surface area contributed by atoms with Crippen molar-refractivity contribution in [2.45, 2.75) is 26.8 Å². The molecule has 0 amide bonds. The molecule has 17 heavy (non-hydrogen) atoms. The SMILES string of the molecule is Cc1ccc(-n2nnc(C(C)N)c2C)cc1F. The summed E-state index contributed by atoms with van der Waals surface area (Å²) in [5.74, 6) is -0.250.